The Labute approximate surface area is 112 Å². The number of hydrogen-bond acceptors (Lipinski definition) is 0. The Balaban J connectivity index is 2.28. The molecule has 100 valence electrons. The molecule has 1 unspecified atom stereocenters. The van der Waals surface area contributed by atoms with E-state index >= 15 is 0 Å². The predicted octanol–water partition coefficient (Wildman–Crippen LogP) is 4.77. The molecular weight excluding hydrogens is 280 g/mol. The molecule has 0 fully saturated rings. The highest BCUT2D eigenvalue weighted by Gasteiger charge is 2.20. The molecule has 0 aromatic heterocycles. The van der Waals surface area contributed by atoms with Gasteiger partial charge in [0.2, 0.25) is 0 Å². The lowest BCUT2D eigenvalue weighted by atomic mass is 10.0. The molecule has 0 radical (unpaired) electrons. The number of benzene rings is 2. The lowest BCUT2D eigenvalue weighted by molar-refractivity contribution is 0.520. The van der Waals surface area contributed by atoms with Crippen LogP contribution in [0.25, 0.3) is 0 Å². The molecule has 2 rings (SSSR count). The van der Waals surface area contributed by atoms with Crippen LogP contribution in [0, 0.1) is 23.3 Å². The van der Waals surface area contributed by atoms with E-state index in [4.69, 9.17) is 11.6 Å². The summed E-state index contributed by atoms with van der Waals surface area (Å²) in [5, 5.41) is -1.04. The molecule has 0 aliphatic heterocycles. The van der Waals surface area contributed by atoms with Gasteiger partial charge in [0.15, 0.2) is 0 Å². The fraction of sp³-hybridized carbons (Fsp3) is 0.143. The van der Waals surface area contributed by atoms with Crippen molar-refractivity contribution in [3.05, 3.63) is 70.8 Å². The molecule has 0 aliphatic rings. The van der Waals surface area contributed by atoms with Crippen LogP contribution in [0.15, 0.2) is 36.4 Å². The van der Waals surface area contributed by atoms with E-state index in [9.17, 15) is 17.6 Å². The molecular formula is C14H9ClF4. The summed E-state index contributed by atoms with van der Waals surface area (Å²) in [4.78, 5) is 0. The summed E-state index contributed by atoms with van der Waals surface area (Å²) in [5.41, 5.74) is 0.0930. The van der Waals surface area contributed by atoms with Gasteiger partial charge in [-0.25, -0.2) is 17.6 Å². The van der Waals surface area contributed by atoms with Crippen LogP contribution in [-0.4, -0.2) is 0 Å². The normalized spacial score (nSPS) is 12.5. The van der Waals surface area contributed by atoms with Gasteiger partial charge in [0.25, 0.3) is 0 Å². The van der Waals surface area contributed by atoms with Crippen LogP contribution in [0.2, 0.25) is 0 Å². The molecule has 2 aromatic rings. The van der Waals surface area contributed by atoms with Crippen LogP contribution in [0.1, 0.15) is 16.5 Å². The maximum Gasteiger partial charge on any atom is 0.133 e. The van der Waals surface area contributed by atoms with Gasteiger partial charge >= 0.3 is 0 Å². The third-order valence-corrected chi connectivity index (χ3v) is 3.03. The van der Waals surface area contributed by atoms with Crippen molar-refractivity contribution in [2.45, 2.75) is 11.8 Å². The Morgan fingerprint density at radius 1 is 0.895 bits per heavy atom. The zero-order valence-electron chi connectivity index (χ0n) is 9.64. The van der Waals surface area contributed by atoms with E-state index in [1.54, 1.807) is 6.07 Å². The van der Waals surface area contributed by atoms with Crippen molar-refractivity contribution < 1.29 is 17.6 Å². The minimum atomic E-state index is -1.05. The minimum Gasteiger partial charge on any atom is -0.207 e. The first-order valence-corrected chi connectivity index (χ1v) is 5.94. The maximum absolute atomic E-state index is 13.5. The summed E-state index contributed by atoms with van der Waals surface area (Å²) >= 11 is 5.93. The van der Waals surface area contributed by atoms with Gasteiger partial charge in [-0.05, 0) is 24.1 Å². The van der Waals surface area contributed by atoms with Crippen LogP contribution in [0.5, 0.6) is 0 Å². The topological polar surface area (TPSA) is 0 Å². The van der Waals surface area contributed by atoms with Crippen LogP contribution in [0.4, 0.5) is 17.6 Å². The summed E-state index contributed by atoms with van der Waals surface area (Å²) in [7, 11) is 0. The van der Waals surface area contributed by atoms with Crippen LogP contribution >= 0.6 is 11.6 Å². The van der Waals surface area contributed by atoms with Gasteiger partial charge in [0, 0.05) is 17.7 Å². The van der Waals surface area contributed by atoms with E-state index in [2.05, 4.69) is 0 Å². The molecule has 0 aliphatic carbocycles. The van der Waals surface area contributed by atoms with Gasteiger partial charge in [-0.15, -0.1) is 11.6 Å². The molecule has 2 aromatic carbocycles. The monoisotopic (exact) mass is 288 g/mol. The molecule has 0 amide bonds. The zero-order chi connectivity index (χ0) is 14.0. The van der Waals surface area contributed by atoms with Crippen molar-refractivity contribution in [1.82, 2.24) is 0 Å². The first-order valence-electron chi connectivity index (χ1n) is 5.50. The molecule has 0 bridgehead atoms. The average molecular weight is 289 g/mol. The predicted molar refractivity (Wildman–Crippen MR) is 65.0 cm³/mol. The summed E-state index contributed by atoms with van der Waals surface area (Å²) in [5.74, 6) is -3.56. The van der Waals surface area contributed by atoms with E-state index in [0.29, 0.717) is 17.7 Å². The number of hydrogen-bond donors (Lipinski definition) is 0. The quantitative estimate of drug-likeness (QED) is 0.564. The van der Waals surface area contributed by atoms with Gasteiger partial charge in [0.05, 0.1) is 5.38 Å². The van der Waals surface area contributed by atoms with Crippen molar-refractivity contribution in [2.24, 2.45) is 0 Å². The van der Waals surface area contributed by atoms with Crippen molar-refractivity contribution in [1.29, 1.82) is 0 Å². The van der Waals surface area contributed by atoms with Crippen LogP contribution in [0.3, 0.4) is 0 Å². The molecule has 19 heavy (non-hydrogen) atoms. The van der Waals surface area contributed by atoms with Gasteiger partial charge < -0.3 is 0 Å². The molecule has 0 nitrogen and oxygen atoms in total. The molecule has 0 N–H and O–H groups in total. The van der Waals surface area contributed by atoms with Crippen LogP contribution in [-0.2, 0) is 6.42 Å². The second kappa shape index (κ2) is 5.61. The van der Waals surface area contributed by atoms with Crippen LogP contribution < -0.4 is 0 Å². The van der Waals surface area contributed by atoms with Crippen molar-refractivity contribution in [3.63, 3.8) is 0 Å². The fourth-order valence-electron chi connectivity index (χ4n) is 1.83. The van der Waals surface area contributed by atoms with E-state index < -0.39 is 34.2 Å². The summed E-state index contributed by atoms with van der Waals surface area (Å²) in [6.07, 6.45) is 0.0405. The summed E-state index contributed by atoms with van der Waals surface area (Å²) in [6.45, 7) is 0. The fourth-order valence-corrected chi connectivity index (χ4v) is 2.21. The largest absolute Gasteiger partial charge is 0.207 e. The average Bonchev–Trinajstić information content (AvgIpc) is 2.27. The number of rotatable bonds is 3. The van der Waals surface area contributed by atoms with E-state index in [1.165, 1.54) is 18.2 Å². The Morgan fingerprint density at radius 3 is 2.11 bits per heavy atom. The third kappa shape index (κ3) is 3.26. The van der Waals surface area contributed by atoms with E-state index in [1.807, 2.05) is 0 Å². The first kappa shape index (κ1) is 13.9. The number of halogens is 5. The smallest absolute Gasteiger partial charge is 0.133 e. The highest BCUT2D eigenvalue weighted by atomic mass is 35.5. The lowest BCUT2D eigenvalue weighted by Gasteiger charge is -2.12. The standard InChI is InChI=1S/C14H9ClF4/c15-11(5-8-2-1-3-9(16)4-8)14-12(18)6-10(17)7-13(14)19/h1-4,6-7,11H,5H2. The Bertz CT molecular complexity index is 575. The highest BCUT2D eigenvalue weighted by Crippen LogP contribution is 2.30. The third-order valence-electron chi connectivity index (χ3n) is 2.66. The van der Waals surface area contributed by atoms with E-state index in [0.717, 1.165) is 0 Å². The van der Waals surface area contributed by atoms with Gasteiger partial charge in [-0.3, -0.25) is 0 Å². The molecule has 0 heterocycles. The van der Waals surface area contributed by atoms with Crippen molar-refractivity contribution >= 4 is 11.6 Å². The van der Waals surface area contributed by atoms with Crippen molar-refractivity contribution in [2.75, 3.05) is 0 Å². The molecule has 0 saturated heterocycles. The molecule has 5 heteroatoms. The first-order chi connectivity index (χ1) is 8.97. The lowest BCUT2D eigenvalue weighted by Crippen LogP contribution is -2.03. The Hall–Kier alpha value is -1.55. The van der Waals surface area contributed by atoms with Crippen molar-refractivity contribution in [3.8, 4) is 0 Å². The SMILES string of the molecule is Fc1cccc(CC(Cl)c2c(F)cc(F)cc2F)c1. The summed E-state index contributed by atoms with van der Waals surface area (Å²) < 4.78 is 52.8. The highest BCUT2D eigenvalue weighted by molar-refractivity contribution is 6.21. The molecule has 0 saturated carbocycles. The van der Waals surface area contributed by atoms with Gasteiger partial charge in [0.1, 0.15) is 23.3 Å². The second-order valence-electron chi connectivity index (χ2n) is 4.08. The molecule has 1 atom stereocenters. The van der Waals surface area contributed by atoms with Gasteiger partial charge in [-0.2, -0.15) is 0 Å². The maximum atomic E-state index is 13.5. The number of alkyl halides is 1. The Morgan fingerprint density at radius 2 is 1.53 bits per heavy atom. The second-order valence-corrected chi connectivity index (χ2v) is 4.61. The molecule has 0 spiro atoms. The van der Waals surface area contributed by atoms with Gasteiger partial charge in [-0.1, -0.05) is 12.1 Å². The Kier molecular flexibility index (Phi) is 4.10. The van der Waals surface area contributed by atoms with E-state index in [-0.39, 0.29) is 6.42 Å². The summed E-state index contributed by atoms with van der Waals surface area (Å²) in [6, 6.07) is 6.70. The minimum absolute atomic E-state index is 0.0405. The zero-order valence-corrected chi connectivity index (χ0v) is 10.4.